The molecule has 7 heteroatoms. The average molecular weight is 423 g/mol. The first kappa shape index (κ1) is 22.2. The summed E-state index contributed by atoms with van der Waals surface area (Å²) in [6, 6.07) is 17.1. The average Bonchev–Trinajstić information content (AvgIpc) is 3.16. The van der Waals surface area contributed by atoms with E-state index in [0.717, 1.165) is 11.4 Å². The molecule has 2 amide bonds. The second kappa shape index (κ2) is 9.12. The van der Waals surface area contributed by atoms with Crippen LogP contribution in [-0.4, -0.2) is 39.6 Å². The molecule has 3 rings (SSSR count). The van der Waals surface area contributed by atoms with Gasteiger partial charge in [0.15, 0.2) is 0 Å². The number of aromatic nitrogens is 2. The summed E-state index contributed by atoms with van der Waals surface area (Å²) in [6.07, 6.45) is 0. The van der Waals surface area contributed by atoms with Gasteiger partial charge in [0.2, 0.25) is 5.91 Å². The molecule has 162 valence electrons. The van der Waals surface area contributed by atoms with Gasteiger partial charge in [0.1, 0.15) is 18.2 Å². The SMILES string of the molecule is CCN(CC(=O)Nc1cc(C(C)(C)C)nn1-c1ccccc1)C(=O)c1ccccc1F. The lowest BCUT2D eigenvalue weighted by Crippen LogP contribution is -2.38. The second-order valence-electron chi connectivity index (χ2n) is 8.26. The van der Waals surface area contributed by atoms with Crippen LogP contribution in [0.25, 0.3) is 5.69 Å². The molecular formula is C24H27FN4O2. The van der Waals surface area contributed by atoms with E-state index in [0.29, 0.717) is 5.82 Å². The van der Waals surface area contributed by atoms with Crippen LogP contribution in [0.1, 0.15) is 43.7 Å². The maximum atomic E-state index is 14.0. The number of anilines is 1. The number of benzene rings is 2. The van der Waals surface area contributed by atoms with Crippen LogP contribution < -0.4 is 5.32 Å². The topological polar surface area (TPSA) is 67.2 Å². The largest absolute Gasteiger partial charge is 0.330 e. The van der Waals surface area contributed by atoms with Crippen LogP contribution >= 0.6 is 0 Å². The summed E-state index contributed by atoms with van der Waals surface area (Å²) < 4.78 is 15.7. The number of nitrogens with one attached hydrogen (secondary N) is 1. The molecule has 1 heterocycles. The van der Waals surface area contributed by atoms with Gasteiger partial charge in [-0.3, -0.25) is 9.59 Å². The van der Waals surface area contributed by atoms with Crippen LogP contribution in [0.2, 0.25) is 0 Å². The zero-order valence-electron chi connectivity index (χ0n) is 18.2. The fourth-order valence-electron chi connectivity index (χ4n) is 3.09. The smallest absolute Gasteiger partial charge is 0.257 e. The van der Waals surface area contributed by atoms with Gasteiger partial charge < -0.3 is 10.2 Å². The predicted octanol–water partition coefficient (Wildman–Crippen LogP) is 4.41. The van der Waals surface area contributed by atoms with E-state index in [2.05, 4.69) is 10.4 Å². The van der Waals surface area contributed by atoms with Crippen molar-refractivity contribution in [2.24, 2.45) is 0 Å². The van der Waals surface area contributed by atoms with Crippen LogP contribution in [0.15, 0.2) is 60.7 Å². The summed E-state index contributed by atoms with van der Waals surface area (Å²) in [5, 5.41) is 7.53. The van der Waals surface area contributed by atoms with Gasteiger partial charge in [-0.05, 0) is 31.2 Å². The first-order valence-electron chi connectivity index (χ1n) is 10.2. The molecule has 0 atom stereocenters. The fraction of sp³-hybridized carbons (Fsp3) is 0.292. The van der Waals surface area contributed by atoms with Gasteiger partial charge in [-0.25, -0.2) is 9.07 Å². The molecule has 0 saturated heterocycles. The van der Waals surface area contributed by atoms with E-state index in [1.807, 2.05) is 57.2 Å². The van der Waals surface area contributed by atoms with Crippen molar-refractivity contribution < 1.29 is 14.0 Å². The lowest BCUT2D eigenvalue weighted by atomic mass is 9.92. The number of hydrogen-bond donors (Lipinski definition) is 1. The molecule has 0 aliphatic heterocycles. The number of rotatable bonds is 6. The van der Waals surface area contributed by atoms with Crippen LogP contribution in [0.3, 0.4) is 0 Å². The summed E-state index contributed by atoms with van der Waals surface area (Å²) in [7, 11) is 0. The van der Waals surface area contributed by atoms with Gasteiger partial charge >= 0.3 is 0 Å². The first-order chi connectivity index (χ1) is 14.7. The molecule has 31 heavy (non-hydrogen) atoms. The third kappa shape index (κ3) is 5.17. The van der Waals surface area contributed by atoms with Gasteiger partial charge in [-0.1, -0.05) is 51.1 Å². The Bertz CT molecular complexity index is 1070. The number of para-hydroxylation sites is 1. The molecule has 1 aromatic heterocycles. The quantitative estimate of drug-likeness (QED) is 0.640. The Morgan fingerprint density at radius 2 is 1.71 bits per heavy atom. The van der Waals surface area contributed by atoms with Crippen molar-refractivity contribution in [3.05, 3.63) is 77.7 Å². The summed E-state index contributed by atoms with van der Waals surface area (Å²) in [4.78, 5) is 26.8. The molecule has 0 unspecified atom stereocenters. The molecule has 0 aliphatic rings. The van der Waals surface area contributed by atoms with Crippen LogP contribution in [0.4, 0.5) is 10.2 Å². The Morgan fingerprint density at radius 3 is 2.32 bits per heavy atom. The van der Waals surface area contributed by atoms with Crippen molar-refractivity contribution in [3.63, 3.8) is 0 Å². The standard InChI is InChI=1S/C24H27FN4O2/c1-5-28(23(31)18-13-9-10-14-19(18)25)16-22(30)26-21-15-20(24(2,3)4)27-29(21)17-11-7-6-8-12-17/h6-15H,5,16H2,1-4H3,(H,26,30). The van der Waals surface area contributed by atoms with Crippen molar-refractivity contribution >= 4 is 17.6 Å². The summed E-state index contributed by atoms with van der Waals surface area (Å²) >= 11 is 0. The highest BCUT2D eigenvalue weighted by Gasteiger charge is 2.23. The van der Waals surface area contributed by atoms with Crippen LogP contribution in [-0.2, 0) is 10.2 Å². The number of nitrogens with zero attached hydrogens (tertiary/aromatic N) is 3. The molecule has 2 aromatic carbocycles. The minimum absolute atomic E-state index is 0.0542. The maximum absolute atomic E-state index is 14.0. The van der Waals surface area contributed by atoms with Gasteiger partial charge in [-0.2, -0.15) is 5.10 Å². The monoisotopic (exact) mass is 422 g/mol. The maximum Gasteiger partial charge on any atom is 0.257 e. The highest BCUT2D eigenvalue weighted by atomic mass is 19.1. The van der Waals surface area contributed by atoms with Crippen molar-refractivity contribution in [3.8, 4) is 5.69 Å². The third-order valence-electron chi connectivity index (χ3n) is 4.85. The first-order valence-corrected chi connectivity index (χ1v) is 10.2. The molecule has 1 N–H and O–H groups in total. The zero-order chi connectivity index (χ0) is 22.6. The second-order valence-corrected chi connectivity index (χ2v) is 8.26. The number of carbonyl (C=O) groups excluding carboxylic acids is 2. The fourth-order valence-corrected chi connectivity index (χ4v) is 3.09. The Kier molecular flexibility index (Phi) is 6.53. The zero-order valence-corrected chi connectivity index (χ0v) is 18.2. The minimum Gasteiger partial charge on any atom is -0.330 e. The molecule has 0 saturated carbocycles. The van der Waals surface area contributed by atoms with Gasteiger partial charge in [0.25, 0.3) is 5.91 Å². The molecule has 3 aromatic rings. The van der Waals surface area contributed by atoms with E-state index in [4.69, 9.17) is 0 Å². The van der Waals surface area contributed by atoms with E-state index in [1.54, 1.807) is 17.7 Å². The number of amides is 2. The molecule has 0 bridgehead atoms. The van der Waals surface area contributed by atoms with Crippen molar-refractivity contribution in [2.75, 3.05) is 18.4 Å². The molecular weight excluding hydrogens is 395 g/mol. The minimum atomic E-state index is -0.608. The van der Waals surface area contributed by atoms with Gasteiger partial charge in [0, 0.05) is 18.0 Å². The van der Waals surface area contributed by atoms with Gasteiger partial charge in [-0.15, -0.1) is 0 Å². The Balaban J connectivity index is 1.83. The molecule has 0 radical (unpaired) electrons. The van der Waals surface area contributed by atoms with Crippen molar-refractivity contribution in [2.45, 2.75) is 33.1 Å². The summed E-state index contributed by atoms with van der Waals surface area (Å²) in [5.74, 6) is -1.01. The summed E-state index contributed by atoms with van der Waals surface area (Å²) in [6.45, 7) is 7.95. The van der Waals surface area contributed by atoms with E-state index in [1.165, 1.54) is 23.1 Å². The van der Waals surface area contributed by atoms with Crippen molar-refractivity contribution in [1.29, 1.82) is 0 Å². The predicted molar refractivity (Wildman–Crippen MR) is 119 cm³/mol. The molecule has 0 fully saturated rings. The van der Waals surface area contributed by atoms with E-state index in [9.17, 15) is 14.0 Å². The number of hydrogen-bond acceptors (Lipinski definition) is 3. The number of likely N-dealkylation sites (N-methyl/N-ethyl adjacent to an activating group) is 1. The van der Waals surface area contributed by atoms with E-state index >= 15 is 0 Å². The number of carbonyl (C=O) groups is 2. The van der Waals surface area contributed by atoms with Gasteiger partial charge in [0.05, 0.1) is 16.9 Å². The van der Waals surface area contributed by atoms with E-state index in [-0.39, 0.29) is 30.0 Å². The van der Waals surface area contributed by atoms with E-state index < -0.39 is 11.7 Å². The van der Waals surface area contributed by atoms with Crippen molar-refractivity contribution in [1.82, 2.24) is 14.7 Å². The number of halogens is 1. The Morgan fingerprint density at radius 1 is 1.06 bits per heavy atom. The Hall–Kier alpha value is -3.48. The Labute approximate surface area is 181 Å². The highest BCUT2D eigenvalue weighted by molar-refractivity contribution is 5.99. The summed E-state index contributed by atoms with van der Waals surface area (Å²) in [5.41, 5.74) is 1.36. The lowest BCUT2D eigenvalue weighted by molar-refractivity contribution is -0.116. The molecule has 6 nitrogen and oxygen atoms in total. The lowest BCUT2D eigenvalue weighted by Gasteiger charge is -2.20. The van der Waals surface area contributed by atoms with Crippen LogP contribution in [0, 0.1) is 5.82 Å². The van der Waals surface area contributed by atoms with Crippen LogP contribution in [0.5, 0.6) is 0 Å². The highest BCUT2D eigenvalue weighted by Crippen LogP contribution is 2.26. The normalized spacial score (nSPS) is 11.3. The molecule has 0 aliphatic carbocycles. The third-order valence-corrected chi connectivity index (χ3v) is 4.85. The molecule has 0 spiro atoms.